The smallest absolute Gasteiger partial charge is 0.231 e. The summed E-state index contributed by atoms with van der Waals surface area (Å²) in [6, 6.07) is 9.13. The Morgan fingerprint density at radius 1 is 0.923 bits per heavy atom. The van der Waals surface area contributed by atoms with Crippen molar-refractivity contribution in [1.82, 2.24) is 0 Å². The molecular weight excluding hydrogens is 445 g/mol. The Hall–Kier alpha value is -1.67. The summed E-state index contributed by atoms with van der Waals surface area (Å²) in [5.41, 5.74) is 5.55. The van der Waals surface area contributed by atoms with Crippen LogP contribution in [0.1, 0.15) is 28.3 Å². The van der Waals surface area contributed by atoms with Crippen LogP contribution in [0.15, 0.2) is 24.3 Å². The molecule has 6 heteroatoms. The Morgan fingerprint density at radius 2 is 1.69 bits per heavy atom. The van der Waals surface area contributed by atoms with Crippen molar-refractivity contribution in [3.8, 4) is 23.0 Å². The van der Waals surface area contributed by atoms with Gasteiger partial charge in [-0.15, -0.1) is 0 Å². The number of benzene rings is 2. The fraction of sp³-hybridized carbons (Fsp3) is 0.400. The number of fused-ring (bicyclic) bond motifs is 7. The molecule has 0 aliphatic carbocycles. The summed E-state index contributed by atoms with van der Waals surface area (Å²) in [5, 5.41) is 0. The van der Waals surface area contributed by atoms with Gasteiger partial charge in [0.2, 0.25) is 13.6 Å². The van der Waals surface area contributed by atoms with Crippen LogP contribution in [-0.2, 0) is 19.4 Å². The van der Waals surface area contributed by atoms with Gasteiger partial charge in [0.25, 0.3) is 0 Å². The fourth-order valence-electron chi connectivity index (χ4n) is 4.92. The fourth-order valence-corrected chi connectivity index (χ4v) is 4.92. The Kier molecular flexibility index (Phi) is 3.59. The molecule has 0 unspecified atom stereocenters. The average Bonchev–Trinajstić information content (AvgIpc) is 3.27. The van der Waals surface area contributed by atoms with E-state index in [0.29, 0.717) is 19.6 Å². The zero-order valence-corrected chi connectivity index (χ0v) is 16.7. The molecule has 0 fully saturated rings. The number of hydrogen-bond donors (Lipinski definition) is 0. The first-order valence-corrected chi connectivity index (χ1v) is 8.88. The van der Waals surface area contributed by atoms with Crippen LogP contribution >= 0.6 is 0 Å². The van der Waals surface area contributed by atoms with E-state index in [9.17, 15) is 0 Å². The lowest BCUT2D eigenvalue weighted by molar-refractivity contribution is -0.956. The van der Waals surface area contributed by atoms with Gasteiger partial charge in [-0.3, -0.25) is 0 Å². The molecule has 2 atom stereocenters. The number of rotatable bonds is 0. The maximum Gasteiger partial charge on any atom is 0.231 e. The zero-order valence-electron chi connectivity index (χ0n) is 14.6. The molecule has 4 aliphatic heterocycles. The Balaban J connectivity index is 0.00000150. The molecule has 0 spiro atoms. The maximum atomic E-state index is 5.78. The van der Waals surface area contributed by atoms with Crippen molar-refractivity contribution in [1.29, 1.82) is 0 Å². The van der Waals surface area contributed by atoms with Gasteiger partial charge in [0.15, 0.2) is 23.0 Å². The van der Waals surface area contributed by atoms with Gasteiger partial charge in [-0.25, -0.2) is 0 Å². The summed E-state index contributed by atoms with van der Waals surface area (Å²) in [4.78, 5) is 0. The molecule has 26 heavy (non-hydrogen) atoms. The summed E-state index contributed by atoms with van der Waals surface area (Å²) in [7, 11) is 2.37. The molecule has 0 radical (unpaired) electrons. The predicted octanol–water partition coefficient (Wildman–Crippen LogP) is -0.0519. The van der Waals surface area contributed by atoms with E-state index in [0.717, 1.165) is 53.4 Å². The Bertz CT molecular complexity index is 915. The molecular formula is C20H20INO4. The highest BCUT2D eigenvalue weighted by atomic mass is 127. The van der Waals surface area contributed by atoms with Crippen LogP contribution in [0.25, 0.3) is 0 Å². The lowest BCUT2D eigenvalue weighted by Gasteiger charge is -2.48. The van der Waals surface area contributed by atoms with Crippen molar-refractivity contribution < 1.29 is 47.4 Å². The van der Waals surface area contributed by atoms with Crippen LogP contribution in [0.3, 0.4) is 0 Å². The SMILES string of the molecule is C[N@@+]12CCc3cc4c(cc3[C@@H]1Cc1ccc3c(c1C2)OCO3)OCO4.[I-]. The predicted molar refractivity (Wildman–Crippen MR) is 90.0 cm³/mol. The van der Waals surface area contributed by atoms with Crippen molar-refractivity contribution in [3.63, 3.8) is 0 Å². The lowest BCUT2D eigenvalue weighted by atomic mass is 9.81. The van der Waals surface area contributed by atoms with Crippen LogP contribution in [0.5, 0.6) is 23.0 Å². The lowest BCUT2D eigenvalue weighted by Crippen LogP contribution is -3.00. The Morgan fingerprint density at radius 3 is 2.58 bits per heavy atom. The van der Waals surface area contributed by atoms with Crippen LogP contribution < -0.4 is 42.9 Å². The number of nitrogens with zero attached hydrogens (tertiary/aromatic N) is 1. The molecule has 4 heterocycles. The zero-order chi connectivity index (χ0) is 16.6. The summed E-state index contributed by atoms with van der Waals surface area (Å²) >= 11 is 0. The quantitative estimate of drug-likeness (QED) is 0.404. The van der Waals surface area contributed by atoms with E-state index in [1.807, 2.05) is 0 Å². The molecule has 0 N–H and O–H groups in total. The van der Waals surface area contributed by atoms with Crippen molar-refractivity contribution in [3.05, 3.63) is 46.5 Å². The highest BCUT2D eigenvalue weighted by Gasteiger charge is 2.45. The monoisotopic (exact) mass is 465 g/mol. The third-order valence-corrected chi connectivity index (χ3v) is 6.31. The second-order valence-corrected chi connectivity index (χ2v) is 7.67. The second-order valence-electron chi connectivity index (χ2n) is 7.67. The number of likely N-dealkylation sites (N-methyl/N-ethyl adjacent to an activating group) is 1. The van der Waals surface area contributed by atoms with Gasteiger partial charge in [0.05, 0.1) is 19.2 Å². The van der Waals surface area contributed by atoms with E-state index in [1.165, 1.54) is 22.3 Å². The molecule has 0 bridgehead atoms. The highest BCUT2D eigenvalue weighted by molar-refractivity contribution is 5.54. The molecule has 2 aromatic rings. The Labute approximate surface area is 169 Å². The minimum atomic E-state index is 0. The standard InChI is InChI=1S/C20H20NO4.HI/c1-21-5-4-13-7-18-19(24-10-23-18)8-14(13)16(21)6-12-2-3-17-20(15(12)9-21)25-11-22-17;/h2-3,7-8,16H,4-6,9-11H2,1H3;1H/q+1;/p-1/t16-,21-;/m0./s1. The van der Waals surface area contributed by atoms with Gasteiger partial charge in [-0.2, -0.15) is 0 Å². The van der Waals surface area contributed by atoms with E-state index < -0.39 is 0 Å². The van der Waals surface area contributed by atoms with Crippen molar-refractivity contribution in [2.24, 2.45) is 0 Å². The molecule has 6 rings (SSSR count). The number of halogens is 1. The molecule has 0 saturated heterocycles. The number of quaternary nitrogens is 1. The first-order chi connectivity index (χ1) is 12.2. The van der Waals surface area contributed by atoms with E-state index >= 15 is 0 Å². The highest BCUT2D eigenvalue weighted by Crippen LogP contribution is 2.50. The van der Waals surface area contributed by atoms with Crippen LogP contribution in [0.2, 0.25) is 0 Å². The van der Waals surface area contributed by atoms with Crippen LogP contribution in [-0.4, -0.2) is 31.7 Å². The van der Waals surface area contributed by atoms with E-state index in [-0.39, 0.29) is 24.0 Å². The largest absolute Gasteiger partial charge is 1.00 e. The van der Waals surface area contributed by atoms with Crippen molar-refractivity contribution >= 4 is 0 Å². The van der Waals surface area contributed by atoms with Gasteiger partial charge < -0.3 is 47.4 Å². The first kappa shape index (κ1) is 16.5. The van der Waals surface area contributed by atoms with Gasteiger partial charge in [-0.1, -0.05) is 6.07 Å². The third-order valence-electron chi connectivity index (χ3n) is 6.31. The average molecular weight is 465 g/mol. The molecule has 5 nitrogen and oxygen atoms in total. The van der Waals surface area contributed by atoms with Crippen molar-refractivity contribution in [2.75, 3.05) is 27.2 Å². The van der Waals surface area contributed by atoms with Crippen molar-refractivity contribution in [2.45, 2.75) is 25.4 Å². The van der Waals surface area contributed by atoms with E-state index in [2.05, 4.69) is 31.3 Å². The molecule has 136 valence electrons. The van der Waals surface area contributed by atoms with Gasteiger partial charge in [0, 0.05) is 18.4 Å². The van der Waals surface area contributed by atoms with Crippen LogP contribution in [0, 0.1) is 0 Å². The molecule has 2 aromatic carbocycles. The molecule has 0 saturated carbocycles. The summed E-state index contributed by atoms with van der Waals surface area (Å²) in [6.07, 6.45) is 2.09. The normalized spacial score (nSPS) is 26.4. The third kappa shape index (κ3) is 2.18. The van der Waals surface area contributed by atoms with Gasteiger partial charge in [0.1, 0.15) is 12.6 Å². The number of hydrogen-bond acceptors (Lipinski definition) is 4. The van der Waals surface area contributed by atoms with Gasteiger partial charge in [-0.05, 0) is 29.3 Å². The molecule has 0 amide bonds. The second kappa shape index (κ2) is 5.66. The summed E-state index contributed by atoms with van der Waals surface area (Å²) < 4.78 is 23.6. The van der Waals surface area contributed by atoms with E-state index in [1.54, 1.807) is 0 Å². The minimum Gasteiger partial charge on any atom is -1.00 e. The number of ether oxygens (including phenoxy) is 4. The first-order valence-electron chi connectivity index (χ1n) is 8.88. The molecule has 0 aromatic heterocycles. The summed E-state index contributed by atoms with van der Waals surface area (Å²) in [6.45, 7) is 2.79. The molecule has 4 aliphatic rings. The summed E-state index contributed by atoms with van der Waals surface area (Å²) in [5.74, 6) is 3.65. The topological polar surface area (TPSA) is 36.9 Å². The van der Waals surface area contributed by atoms with Crippen LogP contribution in [0.4, 0.5) is 0 Å². The maximum absolute atomic E-state index is 5.78. The van der Waals surface area contributed by atoms with E-state index in [4.69, 9.17) is 18.9 Å². The van der Waals surface area contributed by atoms with Gasteiger partial charge >= 0.3 is 0 Å². The minimum absolute atomic E-state index is 0.